The summed E-state index contributed by atoms with van der Waals surface area (Å²) in [5, 5.41) is 9.29. The SMILES string of the molecule is CCOC(=O)CC(=O)C1C[C@H](c2c(F)ccc(Br)c2F)CN1C(=O)O. The number of Topliss-reactive ketones (excluding diaryl/α,β-unsaturated/α-hetero) is 1. The third kappa shape index (κ3) is 4.15. The van der Waals surface area contributed by atoms with Crippen molar-refractivity contribution in [1.82, 2.24) is 4.90 Å². The number of esters is 1. The molecule has 1 fully saturated rings. The fourth-order valence-corrected chi connectivity index (χ4v) is 3.30. The number of rotatable bonds is 5. The summed E-state index contributed by atoms with van der Waals surface area (Å²) in [6.07, 6.45) is -2.08. The normalized spacial score (nSPS) is 19.8. The average Bonchev–Trinajstić information content (AvgIpc) is 2.97. The van der Waals surface area contributed by atoms with E-state index in [4.69, 9.17) is 0 Å². The van der Waals surface area contributed by atoms with Crippen LogP contribution in [0.2, 0.25) is 0 Å². The molecule has 0 bridgehead atoms. The van der Waals surface area contributed by atoms with Gasteiger partial charge in [-0.05, 0) is 41.4 Å². The highest BCUT2D eigenvalue weighted by molar-refractivity contribution is 9.10. The molecule has 9 heteroatoms. The van der Waals surface area contributed by atoms with Crippen LogP contribution in [0.4, 0.5) is 13.6 Å². The zero-order valence-electron chi connectivity index (χ0n) is 13.3. The fourth-order valence-electron chi connectivity index (χ4n) is 2.95. The molecule has 2 atom stereocenters. The number of amides is 1. The monoisotopic (exact) mass is 419 g/mol. The van der Waals surface area contributed by atoms with Gasteiger partial charge in [-0.25, -0.2) is 13.6 Å². The van der Waals surface area contributed by atoms with Gasteiger partial charge in [0, 0.05) is 18.0 Å². The molecule has 1 heterocycles. The third-order valence-corrected chi connectivity index (χ3v) is 4.64. The minimum atomic E-state index is -1.39. The van der Waals surface area contributed by atoms with Crippen LogP contribution in [-0.4, -0.2) is 47.0 Å². The molecule has 0 aliphatic carbocycles. The van der Waals surface area contributed by atoms with E-state index in [-0.39, 0.29) is 29.6 Å². The number of benzene rings is 1. The minimum absolute atomic E-state index is 0.0482. The van der Waals surface area contributed by atoms with Crippen molar-refractivity contribution < 1.29 is 33.0 Å². The number of carbonyl (C=O) groups excluding carboxylic acids is 2. The van der Waals surface area contributed by atoms with Crippen LogP contribution in [0.3, 0.4) is 0 Å². The number of ketones is 1. The highest BCUT2D eigenvalue weighted by Crippen LogP contribution is 2.37. The first kappa shape index (κ1) is 19.3. The van der Waals surface area contributed by atoms with Gasteiger partial charge in [-0.3, -0.25) is 14.5 Å². The fraction of sp³-hybridized carbons (Fsp3) is 0.438. The summed E-state index contributed by atoms with van der Waals surface area (Å²) in [4.78, 5) is 35.9. The summed E-state index contributed by atoms with van der Waals surface area (Å²) >= 11 is 2.97. The molecule has 0 aromatic heterocycles. The average molecular weight is 420 g/mol. The topological polar surface area (TPSA) is 83.9 Å². The number of likely N-dealkylation sites (tertiary alicyclic amines) is 1. The Hall–Kier alpha value is -2.03. The molecule has 1 saturated heterocycles. The van der Waals surface area contributed by atoms with E-state index in [2.05, 4.69) is 20.7 Å². The summed E-state index contributed by atoms with van der Waals surface area (Å²) < 4.78 is 33.1. The quantitative estimate of drug-likeness (QED) is 0.450. The van der Waals surface area contributed by atoms with Crippen molar-refractivity contribution in [2.75, 3.05) is 13.2 Å². The Balaban J connectivity index is 2.26. The lowest BCUT2D eigenvalue weighted by Crippen LogP contribution is -2.40. The molecule has 0 radical (unpaired) electrons. The van der Waals surface area contributed by atoms with Crippen molar-refractivity contribution in [3.05, 3.63) is 33.8 Å². The van der Waals surface area contributed by atoms with Gasteiger partial charge >= 0.3 is 12.1 Å². The zero-order valence-corrected chi connectivity index (χ0v) is 14.9. The molecule has 1 aromatic rings. The lowest BCUT2D eigenvalue weighted by molar-refractivity contribution is -0.146. The van der Waals surface area contributed by atoms with Crippen molar-refractivity contribution in [3.8, 4) is 0 Å². The van der Waals surface area contributed by atoms with E-state index < -0.39 is 47.9 Å². The van der Waals surface area contributed by atoms with E-state index >= 15 is 0 Å². The number of halogens is 3. The Kier molecular flexibility index (Phi) is 6.10. The van der Waals surface area contributed by atoms with Gasteiger partial charge in [0.1, 0.15) is 18.1 Å². The van der Waals surface area contributed by atoms with E-state index in [0.717, 1.165) is 11.0 Å². The second kappa shape index (κ2) is 7.90. The summed E-state index contributed by atoms with van der Waals surface area (Å²) in [6.45, 7) is 1.44. The molecule has 1 aliphatic heterocycles. The number of nitrogens with zero attached hydrogens (tertiary/aromatic N) is 1. The lowest BCUT2D eigenvalue weighted by Gasteiger charge is -2.19. The van der Waals surface area contributed by atoms with Crippen LogP contribution >= 0.6 is 15.9 Å². The maximum atomic E-state index is 14.3. The summed E-state index contributed by atoms with van der Waals surface area (Å²) in [7, 11) is 0. The van der Waals surface area contributed by atoms with Crippen molar-refractivity contribution >= 4 is 33.8 Å². The number of carboxylic acid groups (broad SMARTS) is 1. The second-order valence-electron chi connectivity index (χ2n) is 5.59. The van der Waals surface area contributed by atoms with E-state index in [0.29, 0.717) is 0 Å². The van der Waals surface area contributed by atoms with Crippen molar-refractivity contribution in [1.29, 1.82) is 0 Å². The van der Waals surface area contributed by atoms with E-state index in [1.165, 1.54) is 6.07 Å². The van der Waals surface area contributed by atoms with Crippen LogP contribution < -0.4 is 0 Å². The molecule has 6 nitrogen and oxygen atoms in total. The van der Waals surface area contributed by atoms with Gasteiger partial charge in [0.2, 0.25) is 0 Å². The highest BCUT2D eigenvalue weighted by atomic mass is 79.9. The molecule has 1 aliphatic rings. The Morgan fingerprint density at radius 3 is 2.64 bits per heavy atom. The predicted molar refractivity (Wildman–Crippen MR) is 86.2 cm³/mol. The molecule has 0 spiro atoms. The molecule has 1 N–H and O–H groups in total. The standard InChI is InChI=1S/C16H16BrF2NO5/c1-2-25-13(22)6-12(21)11-5-8(7-20(11)16(23)24)14-10(18)4-3-9(17)15(14)19/h3-4,8,11H,2,5-7H2,1H3,(H,23,24)/t8-,11?/m0/s1. The van der Waals surface area contributed by atoms with Gasteiger partial charge in [-0.1, -0.05) is 0 Å². The zero-order chi connectivity index (χ0) is 18.7. The molecule has 2 rings (SSSR count). The van der Waals surface area contributed by atoms with Crippen LogP contribution in [0, 0.1) is 11.6 Å². The number of hydrogen-bond acceptors (Lipinski definition) is 4. The lowest BCUT2D eigenvalue weighted by atomic mass is 9.93. The molecule has 1 unspecified atom stereocenters. The van der Waals surface area contributed by atoms with Gasteiger partial charge in [0.15, 0.2) is 5.78 Å². The third-order valence-electron chi connectivity index (χ3n) is 4.03. The van der Waals surface area contributed by atoms with E-state index in [1.807, 2.05) is 0 Å². The number of carbonyl (C=O) groups is 3. The van der Waals surface area contributed by atoms with Crippen LogP contribution in [0.1, 0.15) is 31.2 Å². The van der Waals surface area contributed by atoms with Crippen molar-refractivity contribution in [2.45, 2.75) is 31.7 Å². The molecular weight excluding hydrogens is 404 g/mol. The van der Waals surface area contributed by atoms with Crippen LogP contribution in [0.25, 0.3) is 0 Å². The second-order valence-corrected chi connectivity index (χ2v) is 6.44. The Morgan fingerprint density at radius 2 is 2.04 bits per heavy atom. The Bertz CT molecular complexity index is 712. The first-order chi connectivity index (χ1) is 11.8. The van der Waals surface area contributed by atoms with E-state index in [1.54, 1.807) is 6.92 Å². The maximum absolute atomic E-state index is 14.3. The van der Waals surface area contributed by atoms with Gasteiger partial charge in [0.25, 0.3) is 0 Å². The van der Waals surface area contributed by atoms with Crippen molar-refractivity contribution in [3.63, 3.8) is 0 Å². The number of hydrogen-bond donors (Lipinski definition) is 1. The summed E-state index contributed by atoms with van der Waals surface area (Å²) in [5.74, 6) is -3.88. The van der Waals surface area contributed by atoms with Gasteiger partial charge in [-0.2, -0.15) is 0 Å². The first-order valence-electron chi connectivity index (χ1n) is 7.57. The minimum Gasteiger partial charge on any atom is -0.466 e. The molecule has 25 heavy (non-hydrogen) atoms. The van der Waals surface area contributed by atoms with Crippen LogP contribution in [0.5, 0.6) is 0 Å². The highest BCUT2D eigenvalue weighted by Gasteiger charge is 2.42. The van der Waals surface area contributed by atoms with Gasteiger partial charge in [0.05, 0.1) is 17.1 Å². The Morgan fingerprint density at radius 1 is 1.36 bits per heavy atom. The van der Waals surface area contributed by atoms with Crippen LogP contribution in [0.15, 0.2) is 16.6 Å². The molecule has 0 saturated carbocycles. The number of ether oxygens (including phenoxy) is 1. The van der Waals surface area contributed by atoms with Crippen LogP contribution in [-0.2, 0) is 14.3 Å². The molecule has 1 aromatic carbocycles. The molecular formula is C16H16BrF2NO5. The molecule has 1 amide bonds. The Labute approximate surface area is 150 Å². The van der Waals surface area contributed by atoms with E-state index in [9.17, 15) is 28.3 Å². The van der Waals surface area contributed by atoms with Crippen molar-refractivity contribution in [2.24, 2.45) is 0 Å². The largest absolute Gasteiger partial charge is 0.466 e. The first-order valence-corrected chi connectivity index (χ1v) is 8.36. The smallest absolute Gasteiger partial charge is 0.407 e. The maximum Gasteiger partial charge on any atom is 0.407 e. The predicted octanol–water partition coefficient (Wildman–Crippen LogP) is 3.09. The summed E-state index contributed by atoms with van der Waals surface area (Å²) in [6, 6.07) is 1.13. The van der Waals surface area contributed by atoms with Gasteiger partial charge in [-0.15, -0.1) is 0 Å². The van der Waals surface area contributed by atoms with Gasteiger partial charge < -0.3 is 9.84 Å². The summed E-state index contributed by atoms with van der Waals surface area (Å²) in [5.41, 5.74) is -0.271. The molecule has 136 valence electrons.